The standard InChI is InChI=1S/C4H11P.Pr/c1-3-4(2)5;/h4H,3,5H2,1-2H3;. The Bertz CT molecular complexity index is 21.5. The first-order valence-corrected chi connectivity index (χ1v) is 2.69. The maximum absolute atomic E-state index is 2.73. The van der Waals surface area contributed by atoms with Gasteiger partial charge in [-0.1, -0.05) is 20.3 Å². The molecule has 0 aliphatic carbocycles. The normalized spacial score (nSPS) is 12.5. The van der Waals surface area contributed by atoms with E-state index in [1.165, 1.54) is 6.42 Å². The molecule has 0 fully saturated rings. The summed E-state index contributed by atoms with van der Waals surface area (Å²) in [5.41, 5.74) is 0.801. The van der Waals surface area contributed by atoms with Crippen molar-refractivity contribution in [1.82, 2.24) is 0 Å². The summed E-state index contributed by atoms with van der Waals surface area (Å²) in [6.45, 7) is 4.36. The maximum Gasteiger partial charge on any atom is 0 e. The van der Waals surface area contributed by atoms with Crippen molar-refractivity contribution < 1.29 is 41.3 Å². The third-order valence-corrected chi connectivity index (χ3v) is 1.12. The van der Waals surface area contributed by atoms with Gasteiger partial charge in [0.25, 0.3) is 0 Å². The Hall–Kier alpha value is 1.79. The summed E-state index contributed by atoms with van der Waals surface area (Å²) in [6, 6.07) is 0. The van der Waals surface area contributed by atoms with E-state index in [-0.39, 0.29) is 41.3 Å². The Morgan fingerprint density at radius 2 is 1.83 bits per heavy atom. The van der Waals surface area contributed by atoms with E-state index in [1.807, 2.05) is 0 Å². The summed E-state index contributed by atoms with van der Waals surface area (Å²) in [5.74, 6) is 0. The minimum Gasteiger partial charge on any atom is -0.135 e. The zero-order valence-corrected chi connectivity index (χ0v) is 9.30. The first kappa shape index (κ1) is 10.7. The van der Waals surface area contributed by atoms with Crippen LogP contribution in [0.3, 0.4) is 0 Å². The summed E-state index contributed by atoms with van der Waals surface area (Å²) in [4.78, 5) is 0. The molecule has 1 radical (unpaired) electrons. The largest absolute Gasteiger partial charge is 0.135 e. The van der Waals surface area contributed by atoms with Crippen LogP contribution in [0.15, 0.2) is 0 Å². The average molecular weight is 231 g/mol. The molecule has 0 nitrogen and oxygen atoms in total. The van der Waals surface area contributed by atoms with Gasteiger partial charge in [-0.15, -0.1) is 9.24 Å². The van der Waals surface area contributed by atoms with Crippen molar-refractivity contribution in [2.45, 2.75) is 25.9 Å². The molecule has 0 aliphatic heterocycles. The summed E-state index contributed by atoms with van der Waals surface area (Å²) < 4.78 is 0. The van der Waals surface area contributed by atoms with Gasteiger partial charge in [0.05, 0.1) is 0 Å². The molecule has 0 aliphatic rings. The molecule has 0 rings (SSSR count). The third kappa shape index (κ3) is 9.25. The van der Waals surface area contributed by atoms with Crippen LogP contribution in [0, 0.1) is 41.3 Å². The van der Waals surface area contributed by atoms with Crippen LogP contribution < -0.4 is 0 Å². The quantitative estimate of drug-likeness (QED) is 0.602. The van der Waals surface area contributed by atoms with Crippen LogP contribution in [0.1, 0.15) is 20.3 Å². The number of hydrogen-bond donors (Lipinski definition) is 0. The van der Waals surface area contributed by atoms with E-state index in [0.29, 0.717) is 0 Å². The minimum atomic E-state index is 0. The smallest absolute Gasteiger partial charge is 0 e. The van der Waals surface area contributed by atoms with Gasteiger partial charge >= 0.3 is 0 Å². The summed E-state index contributed by atoms with van der Waals surface area (Å²) >= 11 is 0. The SMILES string of the molecule is CCC(C)P.[Pr]. The fraction of sp³-hybridized carbons (Fsp3) is 1.00. The predicted molar refractivity (Wildman–Crippen MR) is 29.5 cm³/mol. The molecule has 0 bridgehead atoms. The number of hydrogen-bond acceptors (Lipinski definition) is 0. The summed E-state index contributed by atoms with van der Waals surface area (Å²) in [7, 11) is 2.73. The van der Waals surface area contributed by atoms with E-state index in [1.54, 1.807) is 0 Å². The Morgan fingerprint density at radius 3 is 1.83 bits per heavy atom. The molecule has 0 amide bonds. The second-order valence-corrected chi connectivity index (χ2v) is 2.52. The van der Waals surface area contributed by atoms with Gasteiger partial charge in [0.1, 0.15) is 0 Å². The molecule has 0 heterocycles. The Balaban J connectivity index is 0. The Kier molecular flexibility index (Phi) is 12.1. The Morgan fingerprint density at radius 1 is 1.67 bits per heavy atom. The molecule has 0 aromatic heterocycles. The third-order valence-electron chi connectivity index (χ3n) is 0.644. The molecule has 35 valence electrons. The predicted octanol–water partition coefficient (Wildman–Crippen LogP) is 1.66. The molecular formula is C4H11PPr. The van der Waals surface area contributed by atoms with Crippen LogP contribution in [0.2, 0.25) is 0 Å². The van der Waals surface area contributed by atoms with Crippen molar-refractivity contribution in [3.8, 4) is 0 Å². The van der Waals surface area contributed by atoms with E-state index in [9.17, 15) is 0 Å². The molecule has 0 saturated heterocycles. The zero-order valence-electron chi connectivity index (χ0n) is 4.44. The van der Waals surface area contributed by atoms with Crippen LogP contribution in [-0.4, -0.2) is 5.66 Å². The van der Waals surface area contributed by atoms with Crippen LogP contribution in [0.5, 0.6) is 0 Å². The molecule has 6 heavy (non-hydrogen) atoms. The van der Waals surface area contributed by atoms with Crippen molar-refractivity contribution in [3.05, 3.63) is 0 Å². The zero-order chi connectivity index (χ0) is 4.28. The van der Waals surface area contributed by atoms with Gasteiger partial charge in [0, 0.05) is 41.3 Å². The fourth-order valence-corrected chi connectivity index (χ4v) is 0. The van der Waals surface area contributed by atoms with Gasteiger partial charge in [-0.05, 0) is 5.66 Å². The molecule has 0 saturated carbocycles. The van der Waals surface area contributed by atoms with E-state index in [0.717, 1.165) is 5.66 Å². The molecule has 0 aromatic carbocycles. The van der Waals surface area contributed by atoms with E-state index < -0.39 is 0 Å². The van der Waals surface area contributed by atoms with Crippen molar-refractivity contribution >= 4 is 9.24 Å². The molecule has 2 atom stereocenters. The summed E-state index contributed by atoms with van der Waals surface area (Å²) in [6.07, 6.45) is 1.27. The van der Waals surface area contributed by atoms with Crippen molar-refractivity contribution in [2.75, 3.05) is 0 Å². The maximum atomic E-state index is 2.73. The Labute approximate surface area is 75.6 Å². The number of rotatable bonds is 1. The monoisotopic (exact) mass is 231 g/mol. The molecule has 0 aromatic rings. The van der Waals surface area contributed by atoms with E-state index >= 15 is 0 Å². The van der Waals surface area contributed by atoms with Crippen LogP contribution in [-0.2, 0) is 0 Å². The van der Waals surface area contributed by atoms with Crippen molar-refractivity contribution in [2.24, 2.45) is 0 Å². The van der Waals surface area contributed by atoms with Gasteiger partial charge in [-0.25, -0.2) is 0 Å². The molecule has 2 unspecified atom stereocenters. The first-order valence-electron chi connectivity index (χ1n) is 2.03. The average Bonchev–Trinajstić information content (AvgIpc) is 1.38. The van der Waals surface area contributed by atoms with Crippen LogP contribution >= 0.6 is 9.24 Å². The fourth-order valence-electron chi connectivity index (χ4n) is 0. The van der Waals surface area contributed by atoms with Crippen LogP contribution in [0.25, 0.3) is 0 Å². The van der Waals surface area contributed by atoms with Crippen LogP contribution in [0.4, 0.5) is 0 Å². The topological polar surface area (TPSA) is 0 Å². The molecule has 0 spiro atoms. The first-order chi connectivity index (χ1) is 2.27. The molecule has 0 N–H and O–H groups in total. The van der Waals surface area contributed by atoms with Gasteiger partial charge in [0.15, 0.2) is 0 Å². The van der Waals surface area contributed by atoms with Gasteiger partial charge in [-0.3, -0.25) is 0 Å². The van der Waals surface area contributed by atoms with Gasteiger partial charge < -0.3 is 0 Å². The molecule has 2 heteroatoms. The second-order valence-electron chi connectivity index (χ2n) is 1.39. The molecular weight excluding hydrogens is 220 g/mol. The minimum absolute atomic E-state index is 0. The van der Waals surface area contributed by atoms with E-state index in [2.05, 4.69) is 23.1 Å². The van der Waals surface area contributed by atoms with Gasteiger partial charge in [-0.2, -0.15) is 0 Å². The summed E-state index contributed by atoms with van der Waals surface area (Å²) in [5, 5.41) is 0. The second kappa shape index (κ2) is 6.79. The van der Waals surface area contributed by atoms with Crippen molar-refractivity contribution in [1.29, 1.82) is 0 Å². The van der Waals surface area contributed by atoms with Gasteiger partial charge in [0.2, 0.25) is 0 Å². The van der Waals surface area contributed by atoms with E-state index in [4.69, 9.17) is 0 Å². The van der Waals surface area contributed by atoms with Crippen molar-refractivity contribution in [3.63, 3.8) is 0 Å².